The number of carbonyl (C=O) groups is 2. The Bertz CT molecular complexity index is 830. The van der Waals surface area contributed by atoms with Crippen LogP contribution >= 0.6 is 0 Å². The van der Waals surface area contributed by atoms with Crippen molar-refractivity contribution in [2.45, 2.75) is 90.0 Å². The molecule has 1 saturated heterocycles. The zero-order chi connectivity index (χ0) is 22.7. The van der Waals surface area contributed by atoms with Gasteiger partial charge in [0.05, 0.1) is 0 Å². The van der Waals surface area contributed by atoms with Gasteiger partial charge in [0.15, 0.2) is 0 Å². The molecule has 3 aliphatic rings. The van der Waals surface area contributed by atoms with E-state index in [0.717, 1.165) is 70.0 Å². The third-order valence-electron chi connectivity index (χ3n) is 7.94. The number of phenols is 1. The Kier molecular flexibility index (Phi) is 7.18. The Labute approximate surface area is 191 Å². The molecule has 1 spiro atoms. The number of amides is 2. The van der Waals surface area contributed by atoms with E-state index in [4.69, 9.17) is 0 Å². The highest BCUT2D eigenvalue weighted by Gasteiger charge is 2.44. The number of aromatic hydroxyl groups is 1. The van der Waals surface area contributed by atoms with Crippen LogP contribution in [0.3, 0.4) is 0 Å². The first kappa shape index (κ1) is 23.2. The number of halogens is 1. The monoisotopic (exact) mass is 444 g/mol. The Morgan fingerprint density at radius 2 is 1.81 bits per heavy atom. The van der Waals surface area contributed by atoms with Crippen LogP contribution in [0.4, 0.5) is 4.39 Å². The highest BCUT2D eigenvalue weighted by molar-refractivity contribution is 5.98. The maximum absolute atomic E-state index is 14.1. The van der Waals surface area contributed by atoms with Gasteiger partial charge in [0.2, 0.25) is 11.8 Å². The zero-order valence-corrected chi connectivity index (χ0v) is 19.4. The van der Waals surface area contributed by atoms with E-state index < -0.39 is 0 Å². The fourth-order valence-corrected chi connectivity index (χ4v) is 6.22. The first-order valence-electron chi connectivity index (χ1n) is 12.5. The molecule has 2 amide bonds. The lowest BCUT2D eigenvalue weighted by Crippen LogP contribution is -2.47. The Balaban J connectivity index is 1.29. The minimum Gasteiger partial charge on any atom is -0.508 e. The molecule has 6 heteroatoms. The van der Waals surface area contributed by atoms with Crippen LogP contribution in [0.5, 0.6) is 5.75 Å². The van der Waals surface area contributed by atoms with Gasteiger partial charge in [0, 0.05) is 31.0 Å². The van der Waals surface area contributed by atoms with E-state index in [2.05, 4.69) is 11.8 Å². The van der Waals surface area contributed by atoms with E-state index in [1.807, 2.05) is 0 Å². The van der Waals surface area contributed by atoms with Crippen molar-refractivity contribution in [3.63, 3.8) is 0 Å². The lowest BCUT2D eigenvalue weighted by atomic mass is 9.76. The van der Waals surface area contributed by atoms with Crippen LogP contribution in [0.1, 0.15) is 82.3 Å². The molecule has 1 saturated carbocycles. The summed E-state index contributed by atoms with van der Waals surface area (Å²) >= 11 is 0. The van der Waals surface area contributed by atoms with Crippen molar-refractivity contribution in [3.8, 4) is 5.75 Å². The van der Waals surface area contributed by atoms with Crippen molar-refractivity contribution in [2.24, 2.45) is 5.41 Å². The van der Waals surface area contributed by atoms with E-state index in [-0.39, 0.29) is 34.8 Å². The summed E-state index contributed by atoms with van der Waals surface area (Å²) in [5.41, 5.74) is 1.39. The van der Waals surface area contributed by atoms with Gasteiger partial charge < -0.3 is 10.0 Å². The Morgan fingerprint density at radius 3 is 2.50 bits per heavy atom. The summed E-state index contributed by atoms with van der Waals surface area (Å²) in [4.78, 5) is 29.3. The lowest BCUT2D eigenvalue weighted by Gasteiger charge is -2.37. The summed E-state index contributed by atoms with van der Waals surface area (Å²) in [7, 11) is 0. The second kappa shape index (κ2) is 9.90. The number of phenolic OH excluding ortho intramolecular Hbond substituents is 1. The standard InChI is InChI=1S/C26H37FN2O3/c1-2-13-28(19-7-8-20-21(16-19)23(30)10-9-22(20)27)14-5-6-15-29-24(31)17-26(18-25(29)32)11-3-4-12-26/h9-10,19,30H,2-8,11-18H2,1H3/t19-/m1/s1. The van der Waals surface area contributed by atoms with Crippen LogP contribution < -0.4 is 0 Å². The highest BCUT2D eigenvalue weighted by Crippen LogP contribution is 2.46. The molecular weight excluding hydrogens is 407 g/mol. The molecule has 1 aliphatic heterocycles. The molecule has 176 valence electrons. The predicted octanol–water partition coefficient (Wildman–Crippen LogP) is 4.59. The Hall–Kier alpha value is -1.95. The van der Waals surface area contributed by atoms with Gasteiger partial charge in [-0.1, -0.05) is 19.8 Å². The summed E-state index contributed by atoms with van der Waals surface area (Å²) in [5.74, 6) is 0.0307. The number of hydrogen-bond acceptors (Lipinski definition) is 4. The normalized spacial score (nSPS) is 22.7. The number of nitrogens with zero attached hydrogens (tertiary/aromatic N) is 2. The van der Waals surface area contributed by atoms with Crippen molar-refractivity contribution in [1.29, 1.82) is 0 Å². The third-order valence-corrected chi connectivity index (χ3v) is 7.94. The van der Waals surface area contributed by atoms with Gasteiger partial charge >= 0.3 is 0 Å². The highest BCUT2D eigenvalue weighted by atomic mass is 19.1. The van der Waals surface area contributed by atoms with Crippen molar-refractivity contribution in [3.05, 3.63) is 29.1 Å². The van der Waals surface area contributed by atoms with Gasteiger partial charge in [-0.15, -0.1) is 0 Å². The minimum absolute atomic E-state index is 0.0231. The number of likely N-dealkylation sites (tertiary alicyclic amines) is 1. The molecule has 5 nitrogen and oxygen atoms in total. The van der Waals surface area contributed by atoms with Crippen molar-refractivity contribution in [2.75, 3.05) is 19.6 Å². The SMILES string of the molecule is CCCN(CCCCN1C(=O)CC2(CCCC2)CC1=O)[C@@H]1CCc2c(F)ccc(O)c2C1. The largest absolute Gasteiger partial charge is 0.508 e. The summed E-state index contributed by atoms with van der Waals surface area (Å²) < 4.78 is 14.1. The second-order valence-electron chi connectivity index (χ2n) is 10.2. The van der Waals surface area contributed by atoms with Gasteiger partial charge in [-0.3, -0.25) is 14.5 Å². The number of carbonyl (C=O) groups excluding carboxylic acids is 2. The number of unbranched alkanes of at least 4 members (excludes halogenated alkanes) is 1. The molecule has 1 atom stereocenters. The van der Waals surface area contributed by atoms with Crippen molar-refractivity contribution < 1.29 is 19.1 Å². The van der Waals surface area contributed by atoms with Gasteiger partial charge in [-0.2, -0.15) is 0 Å². The van der Waals surface area contributed by atoms with E-state index in [1.165, 1.54) is 17.0 Å². The zero-order valence-electron chi connectivity index (χ0n) is 19.4. The smallest absolute Gasteiger partial charge is 0.229 e. The molecule has 2 fully saturated rings. The molecule has 1 heterocycles. The first-order valence-corrected chi connectivity index (χ1v) is 12.5. The molecule has 32 heavy (non-hydrogen) atoms. The molecule has 4 rings (SSSR count). The average Bonchev–Trinajstić information content (AvgIpc) is 3.21. The van der Waals surface area contributed by atoms with Crippen LogP contribution in [-0.4, -0.2) is 52.4 Å². The summed E-state index contributed by atoms with van der Waals surface area (Å²) in [5, 5.41) is 10.2. The van der Waals surface area contributed by atoms with E-state index >= 15 is 0 Å². The third kappa shape index (κ3) is 4.85. The van der Waals surface area contributed by atoms with Gasteiger partial charge in [0.1, 0.15) is 11.6 Å². The molecule has 1 aromatic carbocycles. The lowest BCUT2D eigenvalue weighted by molar-refractivity contribution is -0.153. The van der Waals surface area contributed by atoms with Crippen LogP contribution in [0.25, 0.3) is 0 Å². The minimum atomic E-state index is -0.214. The molecule has 0 aromatic heterocycles. The van der Waals surface area contributed by atoms with E-state index in [0.29, 0.717) is 37.8 Å². The van der Waals surface area contributed by atoms with Crippen molar-refractivity contribution in [1.82, 2.24) is 9.80 Å². The summed E-state index contributed by atoms with van der Waals surface area (Å²) in [6.07, 6.45) is 10.4. The van der Waals surface area contributed by atoms with Gasteiger partial charge in [0.25, 0.3) is 0 Å². The van der Waals surface area contributed by atoms with E-state index in [9.17, 15) is 19.1 Å². The molecule has 0 radical (unpaired) electrons. The number of fused-ring (bicyclic) bond motifs is 1. The van der Waals surface area contributed by atoms with Crippen LogP contribution in [0, 0.1) is 11.2 Å². The molecule has 0 unspecified atom stereocenters. The fourth-order valence-electron chi connectivity index (χ4n) is 6.22. The molecule has 0 bridgehead atoms. The molecule has 2 aliphatic carbocycles. The van der Waals surface area contributed by atoms with Crippen LogP contribution in [-0.2, 0) is 22.4 Å². The topological polar surface area (TPSA) is 60.9 Å². The number of benzene rings is 1. The molecule has 1 aromatic rings. The van der Waals surface area contributed by atoms with Gasteiger partial charge in [-0.05, 0) is 87.6 Å². The maximum atomic E-state index is 14.1. The number of piperidine rings is 1. The Morgan fingerprint density at radius 1 is 1.09 bits per heavy atom. The number of hydrogen-bond donors (Lipinski definition) is 1. The molecule has 1 N–H and O–H groups in total. The maximum Gasteiger partial charge on any atom is 0.229 e. The number of imide groups is 1. The van der Waals surface area contributed by atoms with Crippen molar-refractivity contribution >= 4 is 11.8 Å². The number of rotatable bonds is 8. The quantitative estimate of drug-likeness (QED) is 0.471. The fraction of sp³-hybridized carbons (Fsp3) is 0.692. The summed E-state index contributed by atoms with van der Waals surface area (Å²) in [6.45, 7) is 4.53. The van der Waals surface area contributed by atoms with Gasteiger partial charge in [-0.25, -0.2) is 4.39 Å². The average molecular weight is 445 g/mol. The van der Waals surface area contributed by atoms with Crippen LogP contribution in [0.15, 0.2) is 12.1 Å². The summed E-state index contributed by atoms with van der Waals surface area (Å²) in [6, 6.07) is 3.11. The van der Waals surface area contributed by atoms with Crippen LogP contribution in [0.2, 0.25) is 0 Å². The predicted molar refractivity (Wildman–Crippen MR) is 122 cm³/mol. The molecular formula is C26H37FN2O3. The second-order valence-corrected chi connectivity index (χ2v) is 10.2. The van der Waals surface area contributed by atoms with E-state index in [1.54, 1.807) is 0 Å². The first-order chi connectivity index (χ1) is 15.4.